The van der Waals surface area contributed by atoms with Crippen molar-refractivity contribution in [3.8, 4) is 0 Å². The number of carbonyl (C=O) groups excluding carboxylic acids is 2. The summed E-state index contributed by atoms with van der Waals surface area (Å²) in [5.41, 5.74) is 0.0953. The van der Waals surface area contributed by atoms with Crippen LogP contribution < -0.4 is 4.90 Å². The second-order valence-corrected chi connectivity index (χ2v) is 9.59. The molecule has 164 valence electrons. The maximum Gasteiger partial charge on any atom is 0.289 e. The van der Waals surface area contributed by atoms with Crippen LogP contribution in [-0.2, 0) is 4.79 Å². The summed E-state index contributed by atoms with van der Waals surface area (Å²) in [4.78, 5) is 30.3. The number of halogens is 3. The van der Waals surface area contributed by atoms with E-state index in [0.717, 1.165) is 51.1 Å². The molecule has 1 aromatic carbocycles. The van der Waals surface area contributed by atoms with E-state index in [1.807, 2.05) is 0 Å². The van der Waals surface area contributed by atoms with Crippen molar-refractivity contribution in [2.75, 3.05) is 44.2 Å². The lowest BCUT2D eigenvalue weighted by molar-refractivity contribution is -0.129. The number of amides is 2. The van der Waals surface area contributed by atoms with Crippen LogP contribution in [0.4, 0.5) is 23.7 Å². The molecule has 9 heteroatoms. The van der Waals surface area contributed by atoms with E-state index in [0.29, 0.717) is 32.7 Å². The van der Waals surface area contributed by atoms with Gasteiger partial charge in [0.05, 0.1) is 5.69 Å². The first-order valence-corrected chi connectivity index (χ1v) is 11.4. The van der Waals surface area contributed by atoms with Crippen molar-refractivity contribution in [3.63, 3.8) is 0 Å². The second kappa shape index (κ2) is 8.78. The number of anilines is 1. The lowest BCUT2D eigenvalue weighted by atomic mass is 10.1. The fourth-order valence-corrected chi connectivity index (χ4v) is 5.94. The molecule has 0 bridgehead atoms. The number of imide groups is 1. The van der Waals surface area contributed by atoms with Crippen molar-refractivity contribution in [2.45, 2.75) is 43.3 Å². The molecular weight excluding hydrogens is 415 g/mol. The van der Waals surface area contributed by atoms with E-state index >= 15 is 0 Å². The van der Waals surface area contributed by atoms with Crippen molar-refractivity contribution >= 4 is 28.6 Å². The molecule has 1 aliphatic carbocycles. The van der Waals surface area contributed by atoms with Crippen molar-refractivity contribution in [1.29, 1.82) is 0 Å². The van der Waals surface area contributed by atoms with Crippen molar-refractivity contribution in [2.24, 2.45) is 0 Å². The zero-order chi connectivity index (χ0) is 21.3. The Balaban J connectivity index is 1.20. The highest BCUT2D eigenvalue weighted by Crippen LogP contribution is 2.48. The predicted molar refractivity (Wildman–Crippen MR) is 110 cm³/mol. The van der Waals surface area contributed by atoms with E-state index in [4.69, 9.17) is 0 Å². The Bertz CT molecular complexity index is 824. The van der Waals surface area contributed by atoms with Gasteiger partial charge in [-0.05, 0) is 56.1 Å². The standard InChI is InChI=1S/C21H26F3N3O2S/c22-15-5-6-16(18(24)17(15)23)26-13-11-25(12-14-26)9-3-4-10-27-19(28)21(30-20(27)29)7-1-2-8-21/h5-6H,1-4,7-14H2. The summed E-state index contributed by atoms with van der Waals surface area (Å²) in [7, 11) is 0. The molecule has 1 spiro atoms. The summed E-state index contributed by atoms with van der Waals surface area (Å²) >= 11 is 1.22. The number of hydrogen-bond acceptors (Lipinski definition) is 5. The van der Waals surface area contributed by atoms with Crippen LogP contribution >= 0.6 is 11.8 Å². The quantitative estimate of drug-likeness (QED) is 0.493. The van der Waals surface area contributed by atoms with Gasteiger partial charge in [-0.2, -0.15) is 0 Å². The van der Waals surface area contributed by atoms with Gasteiger partial charge in [-0.15, -0.1) is 0 Å². The molecule has 2 saturated heterocycles. The molecule has 4 rings (SSSR count). The predicted octanol–water partition coefficient (Wildman–Crippen LogP) is 4.01. The first-order chi connectivity index (χ1) is 14.4. The van der Waals surface area contributed by atoms with Crippen LogP contribution in [0.15, 0.2) is 12.1 Å². The van der Waals surface area contributed by atoms with Crippen LogP contribution in [0.3, 0.4) is 0 Å². The van der Waals surface area contributed by atoms with Gasteiger partial charge in [0.1, 0.15) is 4.75 Å². The first kappa shape index (κ1) is 21.5. The number of unbranched alkanes of at least 4 members (excludes halogenated alkanes) is 1. The second-order valence-electron chi connectivity index (χ2n) is 8.26. The van der Waals surface area contributed by atoms with Gasteiger partial charge >= 0.3 is 0 Å². The molecule has 2 aliphatic heterocycles. The van der Waals surface area contributed by atoms with Gasteiger partial charge in [-0.3, -0.25) is 19.4 Å². The zero-order valence-corrected chi connectivity index (χ0v) is 17.7. The molecule has 3 fully saturated rings. The van der Waals surface area contributed by atoms with Crippen LogP contribution in [0.2, 0.25) is 0 Å². The lowest BCUT2D eigenvalue weighted by Crippen LogP contribution is -2.47. The van der Waals surface area contributed by atoms with E-state index in [1.165, 1.54) is 22.7 Å². The Morgan fingerprint density at radius 3 is 2.27 bits per heavy atom. The third-order valence-corrected chi connectivity index (χ3v) is 7.75. The molecule has 0 N–H and O–H groups in total. The highest BCUT2D eigenvalue weighted by atomic mass is 32.2. The molecule has 5 nitrogen and oxygen atoms in total. The Morgan fingerprint density at radius 2 is 1.57 bits per heavy atom. The maximum atomic E-state index is 14.0. The molecular formula is C21H26F3N3O2S. The van der Waals surface area contributed by atoms with E-state index < -0.39 is 22.2 Å². The molecule has 1 aromatic rings. The molecule has 0 atom stereocenters. The summed E-state index contributed by atoms with van der Waals surface area (Å²) in [6.07, 6.45) is 5.25. The minimum absolute atomic E-state index is 0.00262. The lowest BCUT2D eigenvalue weighted by Gasteiger charge is -2.36. The average molecular weight is 442 g/mol. The minimum Gasteiger partial charge on any atom is -0.367 e. The van der Waals surface area contributed by atoms with Gasteiger partial charge in [-0.1, -0.05) is 12.8 Å². The van der Waals surface area contributed by atoms with E-state index in [-0.39, 0.29) is 16.8 Å². The fourth-order valence-electron chi connectivity index (χ4n) is 4.63. The van der Waals surface area contributed by atoms with E-state index in [9.17, 15) is 22.8 Å². The van der Waals surface area contributed by atoms with Gasteiger partial charge in [0, 0.05) is 32.7 Å². The van der Waals surface area contributed by atoms with Crippen molar-refractivity contribution in [3.05, 3.63) is 29.6 Å². The molecule has 0 radical (unpaired) electrons. The minimum atomic E-state index is -1.43. The third kappa shape index (κ3) is 4.06. The third-order valence-electron chi connectivity index (χ3n) is 6.38. The molecule has 2 heterocycles. The Morgan fingerprint density at radius 1 is 0.900 bits per heavy atom. The Hall–Kier alpha value is -1.74. The number of benzene rings is 1. The SMILES string of the molecule is O=C1SC2(CCCC2)C(=O)N1CCCCN1CCN(c2ccc(F)c(F)c2F)CC1. The van der Waals surface area contributed by atoms with Crippen LogP contribution in [0, 0.1) is 17.5 Å². The number of thioether (sulfide) groups is 1. The summed E-state index contributed by atoms with van der Waals surface area (Å²) < 4.78 is 40.1. The number of piperazine rings is 1. The number of rotatable bonds is 6. The number of nitrogens with zero attached hydrogens (tertiary/aromatic N) is 3. The number of hydrogen-bond donors (Lipinski definition) is 0. The molecule has 30 heavy (non-hydrogen) atoms. The summed E-state index contributed by atoms with van der Waals surface area (Å²) in [6, 6.07) is 2.23. The Kier molecular flexibility index (Phi) is 6.29. The van der Waals surface area contributed by atoms with Gasteiger partial charge in [0.15, 0.2) is 17.5 Å². The van der Waals surface area contributed by atoms with Gasteiger partial charge in [-0.25, -0.2) is 13.2 Å². The maximum absolute atomic E-state index is 14.0. The highest BCUT2D eigenvalue weighted by Gasteiger charge is 2.53. The van der Waals surface area contributed by atoms with E-state index in [2.05, 4.69) is 4.90 Å². The van der Waals surface area contributed by atoms with Crippen LogP contribution in [0.25, 0.3) is 0 Å². The monoisotopic (exact) mass is 441 g/mol. The topological polar surface area (TPSA) is 43.9 Å². The van der Waals surface area contributed by atoms with Crippen LogP contribution in [0.1, 0.15) is 38.5 Å². The molecule has 3 aliphatic rings. The molecule has 2 amide bonds. The average Bonchev–Trinajstić information content (AvgIpc) is 3.30. The molecule has 1 saturated carbocycles. The fraction of sp³-hybridized carbons (Fsp3) is 0.619. The smallest absolute Gasteiger partial charge is 0.289 e. The summed E-state index contributed by atoms with van der Waals surface area (Å²) in [5.74, 6) is -3.75. The molecule has 0 unspecified atom stereocenters. The normalized spacial score (nSPS) is 22.0. The summed E-state index contributed by atoms with van der Waals surface area (Å²) in [5, 5.41) is -0.107. The first-order valence-electron chi connectivity index (χ1n) is 10.6. The summed E-state index contributed by atoms with van der Waals surface area (Å²) in [6.45, 7) is 3.74. The highest BCUT2D eigenvalue weighted by molar-refractivity contribution is 8.16. The van der Waals surface area contributed by atoms with E-state index in [1.54, 1.807) is 4.90 Å². The van der Waals surface area contributed by atoms with Crippen molar-refractivity contribution < 1.29 is 22.8 Å². The zero-order valence-electron chi connectivity index (χ0n) is 16.8. The largest absolute Gasteiger partial charge is 0.367 e. The van der Waals surface area contributed by atoms with Gasteiger partial charge < -0.3 is 4.90 Å². The number of carbonyl (C=O) groups is 2. The van der Waals surface area contributed by atoms with Crippen LogP contribution in [-0.4, -0.2) is 65.0 Å². The van der Waals surface area contributed by atoms with Crippen LogP contribution in [0.5, 0.6) is 0 Å². The van der Waals surface area contributed by atoms with Gasteiger partial charge in [0.25, 0.3) is 5.24 Å². The van der Waals surface area contributed by atoms with Crippen molar-refractivity contribution in [1.82, 2.24) is 9.80 Å². The van der Waals surface area contributed by atoms with Gasteiger partial charge in [0.2, 0.25) is 5.91 Å². The Labute approximate surface area is 178 Å². The molecule has 0 aromatic heterocycles.